The molecule has 0 saturated carbocycles. The molecule has 0 aliphatic heterocycles. The number of aromatic nitrogens is 1. The third kappa shape index (κ3) is 2.85. The maximum atomic E-state index is 11.2. The molecule has 0 atom stereocenters. The van der Waals surface area contributed by atoms with Crippen molar-refractivity contribution < 1.29 is 14.4 Å². The highest BCUT2D eigenvalue weighted by molar-refractivity contribution is 5.92. The summed E-state index contributed by atoms with van der Waals surface area (Å²) in [5, 5.41) is 0. The SMILES string of the molecule is CCC(=O)ONC(=O)c1ccccn1. The molecule has 1 aromatic heterocycles. The minimum atomic E-state index is -0.535. The molecule has 5 nitrogen and oxygen atoms in total. The molecule has 1 aromatic rings. The summed E-state index contributed by atoms with van der Waals surface area (Å²) in [6, 6.07) is 4.88. The van der Waals surface area contributed by atoms with Crippen LogP contribution < -0.4 is 5.48 Å². The number of rotatable bonds is 2. The molecule has 14 heavy (non-hydrogen) atoms. The van der Waals surface area contributed by atoms with Gasteiger partial charge in [-0.25, -0.2) is 4.79 Å². The van der Waals surface area contributed by atoms with Gasteiger partial charge in [0.25, 0.3) is 0 Å². The molecule has 0 saturated heterocycles. The van der Waals surface area contributed by atoms with Gasteiger partial charge in [-0.05, 0) is 12.1 Å². The number of nitrogens with zero attached hydrogens (tertiary/aromatic N) is 1. The van der Waals surface area contributed by atoms with Crippen LogP contribution >= 0.6 is 0 Å². The van der Waals surface area contributed by atoms with Crippen LogP contribution in [-0.4, -0.2) is 16.9 Å². The van der Waals surface area contributed by atoms with E-state index in [1.165, 1.54) is 12.3 Å². The molecule has 74 valence electrons. The Labute approximate surface area is 81.1 Å². The van der Waals surface area contributed by atoms with E-state index in [0.717, 1.165) is 0 Å². The van der Waals surface area contributed by atoms with Gasteiger partial charge in [0, 0.05) is 12.6 Å². The number of nitrogens with one attached hydrogen (secondary N) is 1. The molecule has 1 heterocycles. The minimum Gasteiger partial charge on any atom is -0.340 e. The van der Waals surface area contributed by atoms with Crippen molar-refractivity contribution in [2.24, 2.45) is 0 Å². The minimum absolute atomic E-state index is 0.205. The van der Waals surface area contributed by atoms with E-state index in [0.29, 0.717) is 0 Å². The fourth-order valence-electron chi connectivity index (χ4n) is 0.725. The summed E-state index contributed by atoms with van der Waals surface area (Å²) in [5.41, 5.74) is 2.20. The number of hydrogen-bond donors (Lipinski definition) is 1. The summed E-state index contributed by atoms with van der Waals surface area (Å²) in [7, 11) is 0. The van der Waals surface area contributed by atoms with Gasteiger partial charge in [-0.3, -0.25) is 9.78 Å². The highest BCUT2D eigenvalue weighted by Crippen LogP contribution is 1.92. The lowest BCUT2D eigenvalue weighted by Gasteiger charge is -2.02. The van der Waals surface area contributed by atoms with Gasteiger partial charge >= 0.3 is 11.9 Å². The van der Waals surface area contributed by atoms with Crippen molar-refractivity contribution in [3.05, 3.63) is 30.1 Å². The Morgan fingerprint density at radius 1 is 1.50 bits per heavy atom. The fraction of sp³-hybridized carbons (Fsp3) is 0.222. The second-order valence-electron chi connectivity index (χ2n) is 2.47. The molecule has 0 fully saturated rings. The summed E-state index contributed by atoms with van der Waals surface area (Å²) < 4.78 is 0. The summed E-state index contributed by atoms with van der Waals surface area (Å²) in [4.78, 5) is 30.1. The van der Waals surface area contributed by atoms with E-state index in [2.05, 4.69) is 9.82 Å². The van der Waals surface area contributed by atoms with Gasteiger partial charge in [0.15, 0.2) is 0 Å². The molecule has 1 amide bonds. The normalized spacial score (nSPS) is 9.21. The van der Waals surface area contributed by atoms with Gasteiger partial charge in [0.2, 0.25) is 0 Å². The van der Waals surface area contributed by atoms with Crippen molar-refractivity contribution in [3.8, 4) is 0 Å². The molecule has 5 heteroatoms. The molecule has 1 N–H and O–H groups in total. The first-order chi connectivity index (χ1) is 6.74. The molecule has 0 aromatic carbocycles. The van der Waals surface area contributed by atoms with Gasteiger partial charge in [-0.15, -0.1) is 0 Å². The van der Waals surface area contributed by atoms with Crippen LogP contribution in [0.25, 0.3) is 0 Å². The van der Waals surface area contributed by atoms with Gasteiger partial charge in [0.05, 0.1) is 0 Å². The molecular formula is C9H10N2O3. The maximum absolute atomic E-state index is 11.2. The van der Waals surface area contributed by atoms with Gasteiger partial charge in [-0.2, -0.15) is 5.48 Å². The second kappa shape index (κ2) is 4.96. The Morgan fingerprint density at radius 3 is 2.86 bits per heavy atom. The van der Waals surface area contributed by atoms with Crippen molar-refractivity contribution in [2.45, 2.75) is 13.3 Å². The van der Waals surface area contributed by atoms with E-state index in [9.17, 15) is 9.59 Å². The summed E-state index contributed by atoms with van der Waals surface area (Å²) >= 11 is 0. The van der Waals surface area contributed by atoms with E-state index < -0.39 is 11.9 Å². The summed E-state index contributed by atoms with van der Waals surface area (Å²) in [6.45, 7) is 1.63. The van der Waals surface area contributed by atoms with Crippen molar-refractivity contribution in [1.82, 2.24) is 10.5 Å². The Bertz CT molecular complexity index is 324. The molecule has 0 spiro atoms. The van der Waals surface area contributed by atoms with E-state index in [1.54, 1.807) is 19.1 Å². The average Bonchev–Trinajstić information content (AvgIpc) is 2.26. The first-order valence-corrected chi connectivity index (χ1v) is 4.15. The second-order valence-corrected chi connectivity index (χ2v) is 2.47. The van der Waals surface area contributed by atoms with Crippen LogP contribution in [0.3, 0.4) is 0 Å². The van der Waals surface area contributed by atoms with Crippen LogP contribution in [0.4, 0.5) is 0 Å². The Kier molecular flexibility index (Phi) is 3.60. The van der Waals surface area contributed by atoms with Crippen molar-refractivity contribution in [3.63, 3.8) is 0 Å². The number of hydroxylamine groups is 1. The van der Waals surface area contributed by atoms with Crippen molar-refractivity contribution in [2.75, 3.05) is 0 Å². The largest absolute Gasteiger partial charge is 0.340 e. The number of hydrogen-bond acceptors (Lipinski definition) is 4. The Balaban J connectivity index is 2.48. The van der Waals surface area contributed by atoms with Gasteiger partial charge in [-0.1, -0.05) is 13.0 Å². The molecular weight excluding hydrogens is 184 g/mol. The maximum Gasteiger partial charge on any atom is 0.331 e. The first kappa shape index (κ1) is 10.2. The molecule has 0 radical (unpaired) electrons. The van der Waals surface area contributed by atoms with Gasteiger partial charge < -0.3 is 4.84 Å². The van der Waals surface area contributed by atoms with Crippen LogP contribution in [-0.2, 0) is 9.63 Å². The number of carbonyl (C=O) groups is 2. The Morgan fingerprint density at radius 2 is 2.29 bits per heavy atom. The predicted octanol–water partition coefficient (Wildman–Crippen LogP) is 0.680. The van der Waals surface area contributed by atoms with Gasteiger partial charge in [0.1, 0.15) is 5.69 Å². The third-order valence-corrected chi connectivity index (χ3v) is 1.44. The van der Waals surface area contributed by atoms with Crippen LogP contribution in [0.15, 0.2) is 24.4 Å². The lowest BCUT2D eigenvalue weighted by Crippen LogP contribution is -2.27. The smallest absolute Gasteiger partial charge is 0.331 e. The number of pyridine rings is 1. The van der Waals surface area contributed by atoms with Crippen molar-refractivity contribution >= 4 is 11.9 Å². The van der Waals surface area contributed by atoms with Crippen LogP contribution in [0.2, 0.25) is 0 Å². The van der Waals surface area contributed by atoms with E-state index >= 15 is 0 Å². The zero-order chi connectivity index (χ0) is 10.4. The molecule has 0 bridgehead atoms. The molecule has 0 aliphatic rings. The lowest BCUT2D eigenvalue weighted by molar-refractivity contribution is -0.148. The van der Waals surface area contributed by atoms with E-state index in [1.807, 2.05) is 5.48 Å². The van der Waals surface area contributed by atoms with E-state index in [-0.39, 0.29) is 12.1 Å². The van der Waals surface area contributed by atoms with Crippen LogP contribution in [0.5, 0.6) is 0 Å². The monoisotopic (exact) mass is 194 g/mol. The average molecular weight is 194 g/mol. The molecule has 1 rings (SSSR count). The quantitative estimate of drug-likeness (QED) is 0.703. The topological polar surface area (TPSA) is 68.3 Å². The summed E-state index contributed by atoms with van der Waals surface area (Å²) in [6.07, 6.45) is 1.69. The first-order valence-electron chi connectivity index (χ1n) is 4.15. The predicted molar refractivity (Wildman–Crippen MR) is 48.1 cm³/mol. The van der Waals surface area contributed by atoms with E-state index in [4.69, 9.17) is 0 Å². The zero-order valence-corrected chi connectivity index (χ0v) is 7.69. The lowest BCUT2D eigenvalue weighted by atomic mass is 10.3. The number of amides is 1. The zero-order valence-electron chi connectivity index (χ0n) is 7.69. The molecule has 0 aliphatic carbocycles. The van der Waals surface area contributed by atoms with Crippen LogP contribution in [0, 0.1) is 0 Å². The summed E-state index contributed by atoms with van der Waals surface area (Å²) in [5.74, 6) is -1.03. The van der Waals surface area contributed by atoms with Crippen molar-refractivity contribution in [1.29, 1.82) is 0 Å². The highest BCUT2D eigenvalue weighted by atomic mass is 16.7. The third-order valence-electron chi connectivity index (χ3n) is 1.44. The Hall–Kier alpha value is -1.91. The van der Waals surface area contributed by atoms with Crippen LogP contribution in [0.1, 0.15) is 23.8 Å². The molecule has 0 unspecified atom stereocenters. The standard InChI is InChI=1S/C9H10N2O3/c1-2-8(12)14-11-9(13)7-5-3-4-6-10-7/h3-6H,2H2,1H3,(H,11,13). The number of carbonyl (C=O) groups excluding carboxylic acids is 2. The highest BCUT2D eigenvalue weighted by Gasteiger charge is 2.07. The fourth-order valence-corrected chi connectivity index (χ4v) is 0.725.